The third-order valence-corrected chi connectivity index (χ3v) is 3.17. The van der Waals surface area contributed by atoms with E-state index in [1.54, 1.807) is 24.4 Å². The highest BCUT2D eigenvalue weighted by Crippen LogP contribution is 2.29. The zero-order chi connectivity index (χ0) is 14.8. The Kier molecular flexibility index (Phi) is 3.13. The molecule has 5 heteroatoms. The fraction of sp³-hybridized carbons (Fsp3) is 0. The summed E-state index contributed by atoms with van der Waals surface area (Å²) in [5.74, 6) is -0.539. The second-order valence-electron chi connectivity index (χ2n) is 4.53. The Labute approximate surface area is 120 Å². The fourth-order valence-electron chi connectivity index (χ4n) is 2.14. The molecule has 3 N–H and O–H groups in total. The Balaban J connectivity index is 2.07. The fourth-order valence-corrected chi connectivity index (χ4v) is 2.14. The number of nitrogens with zero attached hydrogens (tertiary/aromatic N) is 2. The van der Waals surface area contributed by atoms with Crippen molar-refractivity contribution in [2.75, 3.05) is 11.1 Å². The first-order valence-corrected chi connectivity index (χ1v) is 6.29. The van der Waals surface area contributed by atoms with Crippen LogP contribution in [0.3, 0.4) is 0 Å². The van der Waals surface area contributed by atoms with Crippen LogP contribution in [0.2, 0.25) is 0 Å². The Morgan fingerprint density at radius 2 is 2.05 bits per heavy atom. The van der Waals surface area contributed by atoms with E-state index in [0.29, 0.717) is 11.4 Å². The summed E-state index contributed by atoms with van der Waals surface area (Å²) in [7, 11) is 0. The van der Waals surface area contributed by atoms with Gasteiger partial charge in [-0.2, -0.15) is 5.26 Å². The molecule has 3 rings (SSSR count). The van der Waals surface area contributed by atoms with E-state index in [2.05, 4.69) is 10.3 Å². The summed E-state index contributed by atoms with van der Waals surface area (Å²) in [5, 5.41) is 12.8. The van der Waals surface area contributed by atoms with Crippen molar-refractivity contribution < 1.29 is 4.39 Å². The minimum atomic E-state index is -0.539. The maximum atomic E-state index is 13.3. The third kappa shape index (κ3) is 2.35. The normalized spacial score (nSPS) is 10.3. The predicted octanol–water partition coefficient (Wildman–Crippen LogP) is 3.57. The molecule has 3 aromatic rings. The van der Waals surface area contributed by atoms with Crippen molar-refractivity contribution in [3.8, 4) is 6.07 Å². The van der Waals surface area contributed by atoms with E-state index in [4.69, 9.17) is 11.0 Å². The summed E-state index contributed by atoms with van der Waals surface area (Å²) in [6.07, 6.45) is 1.68. The average Bonchev–Trinajstić information content (AvgIpc) is 2.52. The number of aromatic nitrogens is 1. The molecule has 0 aliphatic heterocycles. The molecule has 1 heterocycles. The third-order valence-electron chi connectivity index (χ3n) is 3.17. The van der Waals surface area contributed by atoms with E-state index < -0.39 is 5.82 Å². The summed E-state index contributed by atoms with van der Waals surface area (Å²) < 4.78 is 13.3. The number of hydrogen-bond acceptors (Lipinski definition) is 4. The summed E-state index contributed by atoms with van der Waals surface area (Å²) >= 11 is 0. The minimum Gasteiger partial charge on any atom is -0.398 e. The SMILES string of the molecule is N#Cc1cc(Nc2ccc(N)c3cccnc23)ccc1F. The number of anilines is 3. The maximum absolute atomic E-state index is 13.3. The molecule has 0 fully saturated rings. The number of nitrogens with one attached hydrogen (secondary N) is 1. The van der Waals surface area contributed by atoms with Crippen LogP contribution in [-0.4, -0.2) is 4.98 Å². The number of benzene rings is 2. The number of fused-ring (bicyclic) bond motifs is 1. The highest BCUT2D eigenvalue weighted by molar-refractivity contribution is 5.99. The van der Waals surface area contributed by atoms with E-state index in [-0.39, 0.29) is 5.56 Å². The minimum absolute atomic E-state index is 0.00675. The van der Waals surface area contributed by atoms with Crippen LogP contribution < -0.4 is 11.1 Å². The first-order valence-electron chi connectivity index (χ1n) is 6.29. The van der Waals surface area contributed by atoms with Gasteiger partial charge in [0.15, 0.2) is 0 Å². The van der Waals surface area contributed by atoms with Gasteiger partial charge in [-0.3, -0.25) is 4.98 Å². The van der Waals surface area contributed by atoms with Gasteiger partial charge < -0.3 is 11.1 Å². The van der Waals surface area contributed by atoms with Gasteiger partial charge in [0.25, 0.3) is 0 Å². The molecule has 0 aliphatic rings. The quantitative estimate of drug-likeness (QED) is 0.703. The molecule has 0 atom stereocenters. The van der Waals surface area contributed by atoms with Crippen molar-refractivity contribution in [3.63, 3.8) is 0 Å². The maximum Gasteiger partial charge on any atom is 0.141 e. The summed E-state index contributed by atoms with van der Waals surface area (Å²) in [4.78, 5) is 4.32. The number of pyridine rings is 1. The lowest BCUT2D eigenvalue weighted by atomic mass is 10.1. The zero-order valence-corrected chi connectivity index (χ0v) is 11.0. The van der Waals surface area contributed by atoms with Gasteiger partial charge in [0.05, 0.1) is 16.8 Å². The van der Waals surface area contributed by atoms with Crippen LogP contribution in [0.1, 0.15) is 5.56 Å². The molecule has 0 unspecified atom stereocenters. The number of hydrogen-bond donors (Lipinski definition) is 2. The van der Waals surface area contributed by atoms with Crippen molar-refractivity contribution in [3.05, 3.63) is 60.0 Å². The number of rotatable bonds is 2. The number of nitrogens with two attached hydrogens (primary N) is 1. The van der Waals surface area contributed by atoms with Crippen molar-refractivity contribution in [2.45, 2.75) is 0 Å². The molecule has 2 aromatic carbocycles. The van der Waals surface area contributed by atoms with Crippen molar-refractivity contribution in [1.82, 2.24) is 4.98 Å². The molecule has 0 saturated carbocycles. The van der Waals surface area contributed by atoms with Crippen molar-refractivity contribution in [1.29, 1.82) is 5.26 Å². The lowest BCUT2D eigenvalue weighted by Crippen LogP contribution is -1.96. The molecule has 4 nitrogen and oxygen atoms in total. The molecule has 0 bridgehead atoms. The van der Waals surface area contributed by atoms with E-state index in [1.807, 2.05) is 18.2 Å². The van der Waals surface area contributed by atoms with Crippen LogP contribution in [-0.2, 0) is 0 Å². The van der Waals surface area contributed by atoms with Gasteiger partial charge in [-0.15, -0.1) is 0 Å². The van der Waals surface area contributed by atoms with Crippen LogP contribution >= 0.6 is 0 Å². The standard InChI is InChI=1S/C16H11FN4/c17-13-4-3-11(8-10(13)9-18)21-15-6-5-14(19)12-2-1-7-20-16(12)15/h1-8,21H,19H2. The van der Waals surface area contributed by atoms with Gasteiger partial charge in [0.1, 0.15) is 11.9 Å². The second-order valence-corrected chi connectivity index (χ2v) is 4.53. The lowest BCUT2D eigenvalue weighted by Gasteiger charge is -2.11. The topological polar surface area (TPSA) is 74.7 Å². The van der Waals surface area contributed by atoms with Crippen molar-refractivity contribution >= 4 is 28.0 Å². The van der Waals surface area contributed by atoms with Gasteiger partial charge in [-0.05, 0) is 42.5 Å². The number of halogens is 1. The van der Waals surface area contributed by atoms with E-state index in [1.165, 1.54) is 12.1 Å². The highest BCUT2D eigenvalue weighted by atomic mass is 19.1. The van der Waals surface area contributed by atoms with Gasteiger partial charge in [0.2, 0.25) is 0 Å². The molecule has 0 aliphatic carbocycles. The summed E-state index contributed by atoms with van der Waals surface area (Å²) in [6.45, 7) is 0. The Hall–Kier alpha value is -3.13. The van der Waals surface area contributed by atoms with E-state index in [0.717, 1.165) is 16.6 Å². The zero-order valence-electron chi connectivity index (χ0n) is 11.0. The van der Waals surface area contributed by atoms with Crippen LogP contribution in [0.15, 0.2) is 48.7 Å². The molecule has 0 spiro atoms. The molecule has 1 aromatic heterocycles. The molecule has 21 heavy (non-hydrogen) atoms. The largest absolute Gasteiger partial charge is 0.398 e. The van der Waals surface area contributed by atoms with Crippen LogP contribution in [0.25, 0.3) is 10.9 Å². The van der Waals surface area contributed by atoms with Crippen LogP contribution in [0, 0.1) is 17.1 Å². The van der Waals surface area contributed by atoms with Gasteiger partial charge in [-0.25, -0.2) is 4.39 Å². The first kappa shape index (κ1) is 12.9. The molecule has 0 amide bonds. The number of nitriles is 1. The van der Waals surface area contributed by atoms with E-state index >= 15 is 0 Å². The summed E-state index contributed by atoms with van der Waals surface area (Å²) in [5.41, 5.74) is 8.64. The number of nitrogen functional groups attached to an aromatic ring is 1. The summed E-state index contributed by atoms with van der Waals surface area (Å²) in [6, 6.07) is 13.4. The lowest BCUT2D eigenvalue weighted by molar-refractivity contribution is 0.624. The smallest absolute Gasteiger partial charge is 0.141 e. The monoisotopic (exact) mass is 278 g/mol. The van der Waals surface area contributed by atoms with Gasteiger partial charge >= 0.3 is 0 Å². The van der Waals surface area contributed by atoms with Crippen LogP contribution in [0.4, 0.5) is 21.5 Å². The van der Waals surface area contributed by atoms with Crippen molar-refractivity contribution in [2.24, 2.45) is 0 Å². The van der Waals surface area contributed by atoms with Gasteiger partial charge in [0, 0.05) is 23.0 Å². The molecule has 0 saturated heterocycles. The first-order chi connectivity index (χ1) is 10.2. The molecular formula is C16H11FN4. The van der Waals surface area contributed by atoms with E-state index in [9.17, 15) is 4.39 Å². The predicted molar refractivity (Wildman–Crippen MR) is 80.6 cm³/mol. The molecule has 102 valence electrons. The average molecular weight is 278 g/mol. The van der Waals surface area contributed by atoms with Gasteiger partial charge in [-0.1, -0.05) is 0 Å². The Morgan fingerprint density at radius 3 is 2.86 bits per heavy atom. The van der Waals surface area contributed by atoms with Crippen LogP contribution in [0.5, 0.6) is 0 Å². The Morgan fingerprint density at radius 1 is 1.19 bits per heavy atom. The second kappa shape index (κ2) is 5.10. The molecular weight excluding hydrogens is 267 g/mol. The molecule has 0 radical (unpaired) electrons. The Bertz CT molecular complexity index is 868. The highest BCUT2D eigenvalue weighted by Gasteiger charge is 2.07.